The Balaban J connectivity index is 2.11. The molecule has 0 unspecified atom stereocenters. The minimum atomic E-state index is -0.342. The van der Waals surface area contributed by atoms with Crippen LogP contribution in [0.25, 0.3) is 0 Å². The molecule has 6 heteroatoms. The summed E-state index contributed by atoms with van der Waals surface area (Å²) in [6.45, 7) is 1.77. The average molecular weight is 238 g/mol. The monoisotopic (exact) mass is 237 g/mol. The number of aromatic nitrogens is 2. The number of pyridine rings is 1. The lowest BCUT2D eigenvalue weighted by atomic mass is 10.3. The number of oxazole rings is 1. The van der Waals surface area contributed by atoms with Gasteiger partial charge in [0, 0.05) is 6.20 Å². The van der Waals surface area contributed by atoms with E-state index in [2.05, 4.69) is 15.3 Å². The molecule has 0 aromatic carbocycles. The van der Waals surface area contributed by atoms with E-state index in [1.54, 1.807) is 13.0 Å². The standard InChI is InChI=1S/C10H8ClN3O2/c1-6-5-16-10(13-6)14-9(15)7-2-3-8(11)12-4-7/h2-5H,1H3,(H,13,14,15). The Kier molecular flexibility index (Phi) is 2.87. The number of nitrogens with zero attached hydrogens (tertiary/aromatic N) is 2. The number of nitrogens with one attached hydrogen (secondary N) is 1. The fourth-order valence-corrected chi connectivity index (χ4v) is 1.20. The molecule has 0 spiro atoms. The number of carbonyl (C=O) groups is 1. The third-order valence-corrected chi connectivity index (χ3v) is 2.05. The molecule has 0 aliphatic rings. The number of halogens is 1. The van der Waals surface area contributed by atoms with Crippen LogP contribution in [-0.4, -0.2) is 15.9 Å². The van der Waals surface area contributed by atoms with Crippen molar-refractivity contribution in [3.63, 3.8) is 0 Å². The smallest absolute Gasteiger partial charge is 0.301 e. The summed E-state index contributed by atoms with van der Waals surface area (Å²) in [7, 11) is 0. The summed E-state index contributed by atoms with van der Waals surface area (Å²) in [6, 6.07) is 3.27. The molecule has 0 aliphatic carbocycles. The van der Waals surface area contributed by atoms with E-state index >= 15 is 0 Å². The van der Waals surface area contributed by atoms with E-state index in [9.17, 15) is 4.79 Å². The highest BCUT2D eigenvalue weighted by Crippen LogP contribution is 2.10. The van der Waals surface area contributed by atoms with E-state index in [4.69, 9.17) is 16.0 Å². The second-order valence-electron chi connectivity index (χ2n) is 3.12. The van der Waals surface area contributed by atoms with Gasteiger partial charge < -0.3 is 4.42 Å². The Morgan fingerprint density at radius 2 is 2.31 bits per heavy atom. The Hall–Kier alpha value is -1.88. The van der Waals surface area contributed by atoms with E-state index in [-0.39, 0.29) is 11.9 Å². The lowest BCUT2D eigenvalue weighted by molar-refractivity contribution is 0.102. The zero-order chi connectivity index (χ0) is 11.5. The summed E-state index contributed by atoms with van der Waals surface area (Å²) < 4.78 is 4.99. The van der Waals surface area contributed by atoms with Crippen LogP contribution in [-0.2, 0) is 0 Å². The van der Waals surface area contributed by atoms with Gasteiger partial charge in [0.25, 0.3) is 5.91 Å². The van der Waals surface area contributed by atoms with Crippen molar-refractivity contribution in [2.45, 2.75) is 6.92 Å². The van der Waals surface area contributed by atoms with Crippen molar-refractivity contribution >= 4 is 23.5 Å². The van der Waals surface area contributed by atoms with Crippen molar-refractivity contribution < 1.29 is 9.21 Å². The van der Waals surface area contributed by atoms with Gasteiger partial charge in [-0.1, -0.05) is 11.6 Å². The summed E-state index contributed by atoms with van der Waals surface area (Å²) in [5, 5.41) is 2.84. The topological polar surface area (TPSA) is 68.0 Å². The van der Waals surface area contributed by atoms with Crippen LogP contribution in [0.4, 0.5) is 6.01 Å². The average Bonchev–Trinajstić information content (AvgIpc) is 2.65. The predicted octanol–water partition coefficient (Wildman–Crippen LogP) is 2.28. The maximum Gasteiger partial charge on any atom is 0.301 e. The highest BCUT2D eigenvalue weighted by molar-refractivity contribution is 6.29. The first-order valence-electron chi connectivity index (χ1n) is 4.50. The molecule has 5 nitrogen and oxygen atoms in total. The Morgan fingerprint density at radius 3 is 2.88 bits per heavy atom. The second kappa shape index (κ2) is 4.32. The van der Waals surface area contributed by atoms with Crippen LogP contribution < -0.4 is 5.32 Å². The molecule has 0 fully saturated rings. The van der Waals surface area contributed by atoms with Crippen molar-refractivity contribution in [3.05, 3.63) is 41.0 Å². The van der Waals surface area contributed by atoms with Gasteiger partial charge in [-0.3, -0.25) is 10.1 Å². The third kappa shape index (κ3) is 2.38. The van der Waals surface area contributed by atoms with Crippen molar-refractivity contribution in [2.24, 2.45) is 0 Å². The molecule has 2 aromatic rings. The zero-order valence-electron chi connectivity index (χ0n) is 8.40. The minimum absolute atomic E-state index is 0.164. The maximum atomic E-state index is 11.6. The normalized spacial score (nSPS) is 10.1. The number of amides is 1. The molecule has 0 atom stereocenters. The molecule has 2 heterocycles. The molecule has 2 aromatic heterocycles. The molecule has 1 N–H and O–H groups in total. The molecule has 0 saturated carbocycles. The van der Waals surface area contributed by atoms with Gasteiger partial charge in [0.15, 0.2) is 0 Å². The Morgan fingerprint density at radius 1 is 1.50 bits per heavy atom. The molecule has 0 aliphatic heterocycles. The van der Waals surface area contributed by atoms with Gasteiger partial charge in [-0.05, 0) is 19.1 Å². The van der Waals surface area contributed by atoms with Crippen molar-refractivity contribution in [3.8, 4) is 0 Å². The molecular formula is C10H8ClN3O2. The number of carbonyl (C=O) groups excluding carboxylic acids is 1. The van der Waals surface area contributed by atoms with Crippen LogP contribution in [0.3, 0.4) is 0 Å². The van der Waals surface area contributed by atoms with Gasteiger partial charge in [-0.15, -0.1) is 0 Å². The van der Waals surface area contributed by atoms with Crippen molar-refractivity contribution in [1.82, 2.24) is 9.97 Å². The fraction of sp³-hybridized carbons (Fsp3) is 0.100. The van der Waals surface area contributed by atoms with Crippen LogP contribution in [0, 0.1) is 6.92 Å². The molecule has 2 rings (SSSR count). The molecule has 0 saturated heterocycles. The summed E-state index contributed by atoms with van der Waals surface area (Å²) in [5.41, 5.74) is 1.09. The maximum absolute atomic E-state index is 11.6. The van der Waals surface area contributed by atoms with Crippen LogP contribution in [0.1, 0.15) is 16.1 Å². The molecular weight excluding hydrogens is 230 g/mol. The van der Waals surface area contributed by atoms with E-state index in [1.807, 2.05) is 0 Å². The third-order valence-electron chi connectivity index (χ3n) is 1.83. The molecule has 1 amide bonds. The molecule has 82 valence electrons. The van der Waals surface area contributed by atoms with Gasteiger partial charge in [0.1, 0.15) is 11.4 Å². The lowest BCUT2D eigenvalue weighted by Crippen LogP contribution is -2.12. The zero-order valence-corrected chi connectivity index (χ0v) is 9.15. The second-order valence-corrected chi connectivity index (χ2v) is 3.51. The van der Waals surface area contributed by atoms with Crippen LogP contribution >= 0.6 is 11.6 Å². The first-order valence-corrected chi connectivity index (χ1v) is 4.88. The predicted molar refractivity (Wildman–Crippen MR) is 58.4 cm³/mol. The van der Waals surface area contributed by atoms with Gasteiger partial charge in [0.05, 0.1) is 11.3 Å². The van der Waals surface area contributed by atoms with Crippen molar-refractivity contribution in [1.29, 1.82) is 0 Å². The van der Waals surface area contributed by atoms with E-state index in [0.29, 0.717) is 16.4 Å². The highest BCUT2D eigenvalue weighted by atomic mass is 35.5. The number of hydrogen-bond acceptors (Lipinski definition) is 4. The van der Waals surface area contributed by atoms with Gasteiger partial charge in [-0.25, -0.2) is 4.98 Å². The summed E-state index contributed by atoms with van der Waals surface area (Å²) in [6.07, 6.45) is 2.84. The molecule has 0 radical (unpaired) electrons. The number of rotatable bonds is 2. The first-order chi connectivity index (χ1) is 7.65. The summed E-state index contributed by atoms with van der Waals surface area (Å²) >= 11 is 5.61. The van der Waals surface area contributed by atoms with Gasteiger partial charge >= 0.3 is 6.01 Å². The number of aryl methyl sites for hydroxylation is 1. The van der Waals surface area contributed by atoms with E-state index < -0.39 is 0 Å². The Bertz CT molecular complexity index is 507. The van der Waals surface area contributed by atoms with Crippen molar-refractivity contribution in [2.75, 3.05) is 5.32 Å². The van der Waals surface area contributed by atoms with Crippen LogP contribution in [0.15, 0.2) is 29.0 Å². The van der Waals surface area contributed by atoms with E-state index in [0.717, 1.165) is 0 Å². The highest BCUT2D eigenvalue weighted by Gasteiger charge is 2.09. The quantitative estimate of drug-likeness (QED) is 0.814. The lowest BCUT2D eigenvalue weighted by Gasteiger charge is -1.99. The largest absolute Gasteiger partial charge is 0.432 e. The van der Waals surface area contributed by atoms with Crippen LogP contribution in [0.2, 0.25) is 5.15 Å². The first kappa shape index (κ1) is 10.6. The number of hydrogen-bond donors (Lipinski definition) is 1. The SMILES string of the molecule is Cc1coc(NC(=O)c2ccc(Cl)nc2)n1. The minimum Gasteiger partial charge on any atom is -0.432 e. The van der Waals surface area contributed by atoms with Gasteiger partial charge in [-0.2, -0.15) is 4.98 Å². The summed E-state index contributed by atoms with van der Waals surface area (Å²) in [4.78, 5) is 19.4. The molecule has 0 bridgehead atoms. The van der Waals surface area contributed by atoms with Gasteiger partial charge in [0.2, 0.25) is 0 Å². The molecule has 16 heavy (non-hydrogen) atoms. The van der Waals surface area contributed by atoms with Crippen LogP contribution in [0.5, 0.6) is 0 Å². The fourth-order valence-electron chi connectivity index (χ4n) is 1.09. The number of anilines is 1. The van der Waals surface area contributed by atoms with E-state index in [1.165, 1.54) is 18.5 Å². The summed E-state index contributed by atoms with van der Waals surface area (Å²) in [5.74, 6) is -0.342. The Labute approximate surface area is 96.5 Å².